The first-order valence-electron chi connectivity index (χ1n) is 10.4. The number of carbonyl (C=O) groups excluding carboxylic acids is 1. The van der Waals surface area contributed by atoms with Gasteiger partial charge in [0.1, 0.15) is 0 Å². The minimum atomic E-state index is -0.0269. The Labute approximate surface area is 186 Å². The Hall–Kier alpha value is -2.74. The zero-order valence-corrected chi connectivity index (χ0v) is 18.0. The van der Waals surface area contributed by atoms with Crippen LogP contribution in [0.15, 0.2) is 53.1 Å². The van der Waals surface area contributed by atoms with Crippen LogP contribution in [-0.4, -0.2) is 47.3 Å². The van der Waals surface area contributed by atoms with Gasteiger partial charge in [0.2, 0.25) is 17.6 Å². The summed E-state index contributed by atoms with van der Waals surface area (Å²) in [5, 5.41) is 7.64. The van der Waals surface area contributed by atoms with Gasteiger partial charge in [-0.3, -0.25) is 9.69 Å². The van der Waals surface area contributed by atoms with Gasteiger partial charge in [0, 0.05) is 48.7 Å². The Balaban J connectivity index is 1.23. The lowest BCUT2D eigenvalue weighted by atomic mass is 10.1. The van der Waals surface area contributed by atoms with Crippen LogP contribution >= 0.6 is 11.6 Å². The molecule has 7 nitrogen and oxygen atoms in total. The topological polar surface area (TPSA) is 80.5 Å². The van der Waals surface area contributed by atoms with Gasteiger partial charge in [-0.05, 0) is 48.4 Å². The van der Waals surface area contributed by atoms with Crippen molar-refractivity contribution in [1.29, 1.82) is 0 Å². The maximum Gasteiger partial charge on any atom is 0.226 e. The lowest BCUT2D eigenvalue weighted by Crippen LogP contribution is -2.35. The van der Waals surface area contributed by atoms with Crippen molar-refractivity contribution in [2.24, 2.45) is 0 Å². The first kappa shape index (κ1) is 21.5. The zero-order chi connectivity index (χ0) is 21.5. The number of halogens is 1. The number of amides is 1. The van der Waals surface area contributed by atoms with E-state index in [0.29, 0.717) is 36.0 Å². The number of rotatable bonds is 8. The van der Waals surface area contributed by atoms with E-state index in [1.165, 1.54) is 5.56 Å². The van der Waals surface area contributed by atoms with E-state index in [1.54, 1.807) is 12.1 Å². The highest BCUT2D eigenvalue weighted by Crippen LogP contribution is 2.19. The summed E-state index contributed by atoms with van der Waals surface area (Å²) >= 11 is 5.90. The summed E-state index contributed by atoms with van der Waals surface area (Å²) in [5.74, 6) is 1.01. The number of hydrogen-bond donors (Lipinski definition) is 1. The Morgan fingerprint density at radius 1 is 1.13 bits per heavy atom. The number of morpholine rings is 1. The lowest BCUT2D eigenvalue weighted by Gasteiger charge is -2.26. The van der Waals surface area contributed by atoms with Crippen LogP contribution in [0.5, 0.6) is 0 Å². The van der Waals surface area contributed by atoms with E-state index in [2.05, 4.69) is 26.4 Å². The summed E-state index contributed by atoms with van der Waals surface area (Å²) in [6.45, 7) is 4.29. The van der Waals surface area contributed by atoms with Gasteiger partial charge in [0.25, 0.3) is 0 Å². The highest BCUT2D eigenvalue weighted by atomic mass is 35.5. The van der Waals surface area contributed by atoms with E-state index in [0.717, 1.165) is 44.1 Å². The van der Waals surface area contributed by atoms with Crippen LogP contribution in [0.2, 0.25) is 5.02 Å². The predicted molar refractivity (Wildman–Crippen MR) is 119 cm³/mol. The standard InChI is InChI=1S/C23H25ClN4O3/c24-19-9-7-18(8-10-19)23-26-22(31-27-23)6-2-5-21(29)25-20-4-1-3-17(15-20)16-28-11-13-30-14-12-28/h1,3-4,7-10,15H,2,5-6,11-14,16H2,(H,25,29). The molecule has 0 bridgehead atoms. The molecule has 162 valence electrons. The third kappa shape index (κ3) is 6.37. The van der Waals surface area contributed by atoms with Gasteiger partial charge >= 0.3 is 0 Å². The van der Waals surface area contributed by atoms with Crippen molar-refractivity contribution in [3.63, 3.8) is 0 Å². The predicted octanol–water partition coefficient (Wildman–Crippen LogP) is 4.18. The summed E-state index contributed by atoms with van der Waals surface area (Å²) in [7, 11) is 0. The second kappa shape index (κ2) is 10.5. The molecule has 1 aliphatic heterocycles. The molecular weight excluding hydrogens is 416 g/mol. The molecule has 2 aromatic carbocycles. The van der Waals surface area contributed by atoms with Crippen LogP contribution in [0.25, 0.3) is 11.4 Å². The number of ether oxygens (including phenoxy) is 1. The van der Waals surface area contributed by atoms with Crippen LogP contribution in [0.3, 0.4) is 0 Å². The van der Waals surface area contributed by atoms with E-state index in [9.17, 15) is 4.79 Å². The summed E-state index contributed by atoms with van der Waals surface area (Å²) in [5.41, 5.74) is 2.84. The van der Waals surface area contributed by atoms with Crippen LogP contribution in [-0.2, 0) is 22.5 Å². The second-order valence-corrected chi connectivity index (χ2v) is 7.95. The molecule has 1 N–H and O–H groups in total. The van der Waals surface area contributed by atoms with Crippen molar-refractivity contribution in [2.75, 3.05) is 31.6 Å². The van der Waals surface area contributed by atoms with Gasteiger partial charge < -0.3 is 14.6 Å². The Morgan fingerprint density at radius 3 is 2.74 bits per heavy atom. The monoisotopic (exact) mass is 440 g/mol. The highest BCUT2D eigenvalue weighted by Gasteiger charge is 2.12. The van der Waals surface area contributed by atoms with Crippen molar-refractivity contribution < 1.29 is 14.1 Å². The summed E-state index contributed by atoms with van der Waals surface area (Å²) in [4.78, 5) is 19.1. The number of benzene rings is 2. The molecule has 8 heteroatoms. The largest absolute Gasteiger partial charge is 0.379 e. The summed E-state index contributed by atoms with van der Waals surface area (Å²) < 4.78 is 10.7. The van der Waals surface area contributed by atoms with Crippen molar-refractivity contribution in [1.82, 2.24) is 15.0 Å². The summed E-state index contributed by atoms with van der Waals surface area (Å²) in [6, 6.07) is 15.3. The Morgan fingerprint density at radius 2 is 1.94 bits per heavy atom. The average molecular weight is 441 g/mol. The molecule has 0 saturated carbocycles. The minimum Gasteiger partial charge on any atom is -0.379 e. The van der Waals surface area contributed by atoms with Crippen molar-refractivity contribution in [2.45, 2.75) is 25.8 Å². The number of hydrogen-bond acceptors (Lipinski definition) is 6. The average Bonchev–Trinajstić information content (AvgIpc) is 3.24. The number of aromatic nitrogens is 2. The maximum atomic E-state index is 12.3. The number of carbonyl (C=O) groups is 1. The van der Waals surface area contributed by atoms with Crippen molar-refractivity contribution >= 4 is 23.2 Å². The van der Waals surface area contributed by atoms with E-state index in [4.69, 9.17) is 20.9 Å². The Kier molecular flexibility index (Phi) is 7.30. The molecule has 1 aromatic heterocycles. The molecule has 0 aliphatic carbocycles. The fourth-order valence-corrected chi connectivity index (χ4v) is 3.59. The molecule has 0 spiro atoms. The SMILES string of the molecule is O=C(CCCc1nc(-c2ccc(Cl)cc2)no1)Nc1cccc(CN2CCOCC2)c1. The van der Waals surface area contributed by atoms with Gasteiger partial charge in [-0.15, -0.1) is 0 Å². The third-order valence-electron chi connectivity index (χ3n) is 5.09. The molecule has 31 heavy (non-hydrogen) atoms. The number of nitrogens with one attached hydrogen (secondary N) is 1. The third-order valence-corrected chi connectivity index (χ3v) is 5.34. The Bertz CT molecular complexity index is 1000. The molecule has 4 rings (SSSR count). The molecule has 1 fully saturated rings. The van der Waals surface area contributed by atoms with Crippen LogP contribution in [0.1, 0.15) is 24.3 Å². The second-order valence-electron chi connectivity index (χ2n) is 7.51. The molecule has 0 atom stereocenters. The number of anilines is 1. The fraction of sp³-hybridized carbons (Fsp3) is 0.348. The van der Waals surface area contributed by atoms with Crippen molar-refractivity contribution in [3.8, 4) is 11.4 Å². The summed E-state index contributed by atoms with van der Waals surface area (Å²) in [6.07, 6.45) is 1.55. The molecule has 2 heterocycles. The van der Waals surface area contributed by atoms with Crippen LogP contribution < -0.4 is 5.32 Å². The quantitative estimate of drug-likeness (QED) is 0.565. The van der Waals surface area contributed by atoms with Crippen molar-refractivity contribution in [3.05, 3.63) is 65.0 Å². The van der Waals surface area contributed by atoms with Gasteiger partial charge in [-0.25, -0.2) is 0 Å². The van der Waals surface area contributed by atoms with E-state index in [-0.39, 0.29) is 5.91 Å². The molecular formula is C23H25ClN4O3. The lowest BCUT2D eigenvalue weighted by molar-refractivity contribution is -0.116. The van der Waals surface area contributed by atoms with E-state index >= 15 is 0 Å². The molecule has 0 radical (unpaired) electrons. The first-order chi connectivity index (χ1) is 15.2. The molecule has 1 saturated heterocycles. The van der Waals surface area contributed by atoms with E-state index in [1.807, 2.05) is 30.3 Å². The maximum absolute atomic E-state index is 12.3. The van der Waals surface area contributed by atoms with E-state index < -0.39 is 0 Å². The molecule has 0 unspecified atom stereocenters. The molecule has 1 aliphatic rings. The van der Waals surface area contributed by atoms with Gasteiger partial charge in [-0.1, -0.05) is 28.9 Å². The fourth-order valence-electron chi connectivity index (χ4n) is 3.46. The normalized spacial score (nSPS) is 14.5. The zero-order valence-electron chi connectivity index (χ0n) is 17.2. The highest BCUT2D eigenvalue weighted by molar-refractivity contribution is 6.30. The number of aryl methyl sites for hydroxylation is 1. The minimum absolute atomic E-state index is 0.0269. The van der Waals surface area contributed by atoms with Gasteiger partial charge in [0.05, 0.1) is 13.2 Å². The molecule has 1 amide bonds. The van der Waals surface area contributed by atoms with Gasteiger partial charge in [0.15, 0.2) is 0 Å². The van der Waals surface area contributed by atoms with Crippen LogP contribution in [0, 0.1) is 0 Å². The molecule has 3 aromatic rings. The smallest absolute Gasteiger partial charge is 0.226 e. The number of nitrogens with zero attached hydrogens (tertiary/aromatic N) is 3. The van der Waals surface area contributed by atoms with Crippen LogP contribution in [0.4, 0.5) is 5.69 Å². The first-order valence-corrected chi connectivity index (χ1v) is 10.8. The van der Waals surface area contributed by atoms with Gasteiger partial charge in [-0.2, -0.15) is 4.98 Å².